The van der Waals surface area contributed by atoms with Crippen LogP contribution in [-0.4, -0.2) is 26.2 Å². The summed E-state index contributed by atoms with van der Waals surface area (Å²) in [6.45, 7) is 0. The number of esters is 1. The Balaban J connectivity index is 2.43. The molecule has 0 amide bonds. The molecule has 0 fully saturated rings. The molecule has 0 saturated carbocycles. The fourth-order valence-electron chi connectivity index (χ4n) is 1.56. The lowest BCUT2D eigenvalue weighted by molar-refractivity contribution is 0.0596. The maximum Gasteiger partial charge on any atom is 0.339 e. The maximum atomic E-state index is 12.2. The SMILES string of the molecule is COC(=O)c1ccccc1S(=O)(=O)Nn1cccc1. The number of hydrogen-bond acceptors (Lipinski definition) is 4. The lowest BCUT2D eigenvalue weighted by Gasteiger charge is -2.11. The molecule has 2 aromatic rings. The van der Waals surface area contributed by atoms with Crippen LogP contribution in [0.25, 0.3) is 0 Å². The number of nitrogens with one attached hydrogen (secondary N) is 1. The number of hydrogen-bond donors (Lipinski definition) is 1. The summed E-state index contributed by atoms with van der Waals surface area (Å²) in [5.74, 6) is -0.700. The van der Waals surface area contributed by atoms with E-state index in [1.807, 2.05) is 0 Å². The van der Waals surface area contributed by atoms with Gasteiger partial charge in [0.15, 0.2) is 0 Å². The minimum Gasteiger partial charge on any atom is -0.465 e. The Kier molecular flexibility index (Phi) is 3.57. The number of nitrogens with zero attached hydrogens (tertiary/aromatic N) is 1. The van der Waals surface area contributed by atoms with Gasteiger partial charge in [0.25, 0.3) is 10.0 Å². The van der Waals surface area contributed by atoms with Crippen molar-refractivity contribution < 1.29 is 17.9 Å². The summed E-state index contributed by atoms with van der Waals surface area (Å²) in [7, 11) is -2.66. The predicted octanol–water partition coefficient (Wildman–Crippen LogP) is 1.21. The van der Waals surface area contributed by atoms with Crippen molar-refractivity contribution in [2.24, 2.45) is 0 Å². The molecule has 0 radical (unpaired) electrons. The average molecular weight is 280 g/mol. The molecular formula is C12H12N2O4S. The molecule has 1 aromatic heterocycles. The number of benzene rings is 1. The smallest absolute Gasteiger partial charge is 0.339 e. The summed E-state index contributed by atoms with van der Waals surface area (Å²) < 4.78 is 30.3. The summed E-state index contributed by atoms with van der Waals surface area (Å²) in [5, 5.41) is 0. The highest BCUT2D eigenvalue weighted by atomic mass is 32.2. The summed E-state index contributed by atoms with van der Waals surface area (Å²) in [6, 6.07) is 9.20. The van der Waals surface area contributed by atoms with Gasteiger partial charge in [-0.1, -0.05) is 12.1 Å². The number of ether oxygens (including phenoxy) is 1. The topological polar surface area (TPSA) is 77.4 Å². The first-order valence-electron chi connectivity index (χ1n) is 5.38. The summed E-state index contributed by atoms with van der Waals surface area (Å²) in [5.41, 5.74) is -0.00958. The van der Waals surface area contributed by atoms with Crippen LogP contribution in [0, 0.1) is 0 Å². The van der Waals surface area contributed by atoms with Crippen molar-refractivity contribution in [3.05, 3.63) is 54.4 Å². The van der Waals surface area contributed by atoms with Crippen LogP contribution >= 0.6 is 0 Å². The van der Waals surface area contributed by atoms with E-state index in [1.54, 1.807) is 18.2 Å². The fourth-order valence-corrected chi connectivity index (χ4v) is 2.76. The lowest BCUT2D eigenvalue weighted by Crippen LogP contribution is -2.24. The van der Waals surface area contributed by atoms with E-state index < -0.39 is 16.0 Å². The number of carbonyl (C=O) groups excluding carboxylic acids is 1. The standard InChI is InChI=1S/C12H12N2O4S/c1-18-12(15)10-6-2-3-7-11(10)19(16,17)13-14-8-4-5-9-14/h2-9,13H,1H3. The zero-order chi connectivity index (χ0) is 13.9. The molecule has 1 N–H and O–H groups in total. The van der Waals surface area contributed by atoms with Crippen LogP contribution in [0.3, 0.4) is 0 Å². The van der Waals surface area contributed by atoms with Gasteiger partial charge in [-0.25, -0.2) is 9.63 Å². The number of sulfonamides is 1. The molecule has 0 bridgehead atoms. The van der Waals surface area contributed by atoms with Crippen molar-refractivity contribution in [1.82, 2.24) is 4.68 Å². The second-order valence-corrected chi connectivity index (χ2v) is 5.30. The molecule has 0 saturated heterocycles. The number of methoxy groups -OCH3 is 1. The molecule has 0 aliphatic carbocycles. The van der Waals surface area contributed by atoms with Gasteiger partial charge in [0.2, 0.25) is 0 Å². The largest absolute Gasteiger partial charge is 0.465 e. The highest BCUT2D eigenvalue weighted by molar-refractivity contribution is 7.92. The number of carbonyl (C=O) groups is 1. The molecule has 0 spiro atoms. The van der Waals surface area contributed by atoms with Crippen LogP contribution in [0.15, 0.2) is 53.7 Å². The van der Waals surface area contributed by atoms with Gasteiger partial charge >= 0.3 is 5.97 Å². The normalized spacial score (nSPS) is 11.0. The first-order chi connectivity index (χ1) is 9.04. The van der Waals surface area contributed by atoms with Crippen LogP contribution < -0.4 is 4.83 Å². The van der Waals surface area contributed by atoms with Crippen LogP contribution in [0.4, 0.5) is 0 Å². The summed E-state index contributed by atoms with van der Waals surface area (Å²) >= 11 is 0. The zero-order valence-corrected chi connectivity index (χ0v) is 10.9. The number of rotatable bonds is 4. The van der Waals surface area contributed by atoms with Gasteiger partial charge in [0, 0.05) is 12.4 Å². The highest BCUT2D eigenvalue weighted by Crippen LogP contribution is 2.16. The quantitative estimate of drug-likeness (QED) is 0.854. The second kappa shape index (κ2) is 5.15. The van der Waals surface area contributed by atoms with E-state index in [0.29, 0.717) is 0 Å². The van der Waals surface area contributed by atoms with Gasteiger partial charge in [-0.3, -0.25) is 4.68 Å². The van der Waals surface area contributed by atoms with Crippen LogP contribution in [0.1, 0.15) is 10.4 Å². The lowest BCUT2D eigenvalue weighted by atomic mass is 10.2. The van der Waals surface area contributed by atoms with E-state index in [0.717, 1.165) is 0 Å². The number of aromatic nitrogens is 1. The van der Waals surface area contributed by atoms with E-state index in [2.05, 4.69) is 9.57 Å². The zero-order valence-electron chi connectivity index (χ0n) is 10.1. The van der Waals surface area contributed by atoms with Gasteiger partial charge in [-0.2, -0.15) is 8.42 Å². The average Bonchev–Trinajstić information content (AvgIpc) is 2.90. The Bertz CT molecular complexity index is 678. The molecule has 1 heterocycles. The molecule has 1 aromatic carbocycles. The molecule has 2 rings (SSSR count). The van der Waals surface area contributed by atoms with Gasteiger partial charge < -0.3 is 4.74 Å². The van der Waals surface area contributed by atoms with E-state index >= 15 is 0 Å². The maximum absolute atomic E-state index is 12.2. The Morgan fingerprint density at radius 2 is 1.79 bits per heavy atom. The van der Waals surface area contributed by atoms with Gasteiger partial charge in [-0.05, 0) is 24.3 Å². The molecule has 100 valence electrons. The molecule has 19 heavy (non-hydrogen) atoms. The predicted molar refractivity (Wildman–Crippen MR) is 68.8 cm³/mol. The van der Waals surface area contributed by atoms with Gasteiger partial charge in [0.1, 0.15) is 4.90 Å². The van der Waals surface area contributed by atoms with Crippen molar-refractivity contribution in [3.63, 3.8) is 0 Å². The third-order valence-electron chi connectivity index (χ3n) is 2.41. The Labute approximate surface area is 110 Å². The minimum absolute atomic E-state index is 0.00958. The van der Waals surface area contributed by atoms with Crippen molar-refractivity contribution in [1.29, 1.82) is 0 Å². The van der Waals surface area contributed by atoms with E-state index in [-0.39, 0.29) is 10.5 Å². The second-order valence-electron chi connectivity index (χ2n) is 3.67. The van der Waals surface area contributed by atoms with Crippen molar-refractivity contribution in [3.8, 4) is 0 Å². The van der Waals surface area contributed by atoms with Crippen LogP contribution in [0.2, 0.25) is 0 Å². The third kappa shape index (κ3) is 2.76. The highest BCUT2D eigenvalue weighted by Gasteiger charge is 2.22. The molecule has 0 aliphatic rings. The minimum atomic E-state index is -3.86. The Hall–Kier alpha value is -2.28. The molecule has 6 nitrogen and oxygen atoms in total. The Morgan fingerprint density at radius 1 is 1.16 bits per heavy atom. The van der Waals surface area contributed by atoms with Crippen LogP contribution in [-0.2, 0) is 14.8 Å². The van der Waals surface area contributed by atoms with E-state index in [4.69, 9.17) is 0 Å². The monoisotopic (exact) mass is 280 g/mol. The summed E-state index contributed by atoms with van der Waals surface area (Å²) in [4.78, 5) is 13.7. The Morgan fingerprint density at radius 3 is 2.42 bits per heavy atom. The first-order valence-corrected chi connectivity index (χ1v) is 6.86. The first kappa shape index (κ1) is 13.2. The van der Waals surface area contributed by atoms with Gasteiger partial charge in [-0.15, -0.1) is 0 Å². The molecule has 0 aliphatic heterocycles. The van der Waals surface area contributed by atoms with Crippen LogP contribution in [0.5, 0.6) is 0 Å². The van der Waals surface area contributed by atoms with Gasteiger partial charge in [0.05, 0.1) is 12.7 Å². The molecule has 0 atom stereocenters. The molecule has 7 heteroatoms. The van der Waals surface area contributed by atoms with Crippen molar-refractivity contribution >= 4 is 16.0 Å². The van der Waals surface area contributed by atoms with Crippen molar-refractivity contribution in [2.45, 2.75) is 4.90 Å². The fraction of sp³-hybridized carbons (Fsp3) is 0.0833. The van der Waals surface area contributed by atoms with Crippen molar-refractivity contribution in [2.75, 3.05) is 11.9 Å². The van der Waals surface area contributed by atoms with E-state index in [9.17, 15) is 13.2 Å². The third-order valence-corrected chi connectivity index (χ3v) is 3.80. The summed E-state index contributed by atoms with van der Waals surface area (Å²) in [6.07, 6.45) is 3.08. The molecular weight excluding hydrogens is 268 g/mol. The molecule has 0 unspecified atom stereocenters. The van der Waals surface area contributed by atoms with E-state index in [1.165, 1.54) is 42.4 Å².